The van der Waals surface area contributed by atoms with Gasteiger partial charge in [0.15, 0.2) is 9.84 Å². The lowest BCUT2D eigenvalue weighted by molar-refractivity contribution is 0.599. The molecule has 0 aliphatic heterocycles. The molecule has 0 aliphatic carbocycles. The summed E-state index contributed by atoms with van der Waals surface area (Å²) in [5.74, 6) is 0.989. The number of sulfone groups is 1. The van der Waals surface area contributed by atoms with Crippen molar-refractivity contribution in [1.29, 1.82) is 0 Å². The summed E-state index contributed by atoms with van der Waals surface area (Å²) in [4.78, 5) is 3.97. The molecule has 0 amide bonds. The normalized spacial score (nSPS) is 11.8. The maximum absolute atomic E-state index is 10.8. The third kappa shape index (κ3) is 2.61. The van der Waals surface area contributed by atoms with E-state index in [-0.39, 0.29) is 5.75 Å². The molecule has 1 heterocycles. The third-order valence-corrected chi connectivity index (χ3v) is 2.09. The van der Waals surface area contributed by atoms with Gasteiger partial charge < -0.3 is 0 Å². The Morgan fingerprint density at radius 1 is 1.50 bits per heavy atom. The summed E-state index contributed by atoms with van der Waals surface area (Å²) < 4.78 is 21.6. The number of aryl methyl sites for hydroxylation is 1. The average molecular weight is 189 g/mol. The second kappa shape index (κ2) is 3.22. The fraction of sp³-hybridized carbons (Fsp3) is 0.667. The first-order valence-electron chi connectivity index (χ1n) is 3.59. The van der Waals surface area contributed by atoms with E-state index in [4.69, 9.17) is 0 Å². The number of hydrogen-bond donors (Lipinski definition) is 1. The van der Waals surface area contributed by atoms with Crippen molar-refractivity contribution >= 4 is 9.84 Å². The lowest BCUT2D eigenvalue weighted by Crippen LogP contribution is -2.02. The largest absolute Gasteiger partial charge is 0.262 e. The SMILES string of the molecule is CCc1n[nH]c(CS(C)(=O)=O)n1. The van der Waals surface area contributed by atoms with Gasteiger partial charge in [0.25, 0.3) is 0 Å². The van der Waals surface area contributed by atoms with Crippen molar-refractivity contribution in [3.05, 3.63) is 11.6 Å². The highest BCUT2D eigenvalue weighted by atomic mass is 32.2. The number of nitrogens with zero attached hydrogens (tertiary/aromatic N) is 2. The summed E-state index contributed by atoms with van der Waals surface area (Å²) in [7, 11) is -3.01. The second-order valence-corrected chi connectivity index (χ2v) is 4.76. The monoisotopic (exact) mass is 189 g/mol. The van der Waals surface area contributed by atoms with Gasteiger partial charge in [-0.1, -0.05) is 6.92 Å². The molecule has 0 spiro atoms. The molecule has 5 nitrogen and oxygen atoms in total. The molecule has 0 saturated heterocycles. The number of hydrogen-bond acceptors (Lipinski definition) is 4. The number of aromatic nitrogens is 3. The zero-order valence-electron chi connectivity index (χ0n) is 7.03. The van der Waals surface area contributed by atoms with Gasteiger partial charge in [-0.25, -0.2) is 13.4 Å². The van der Waals surface area contributed by atoms with Gasteiger partial charge in [0, 0.05) is 12.7 Å². The first-order valence-corrected chi connectivity index (χ1v) is 5.65. The van der Waals surface area contributed by atoms with Gasteiger partial charge in [-0.15, -0.1) is 0 Å². The molecular weight excluding hydrogens is 178 g/mol. The summed E-state index contributed by atoms with van der Waals surface area (Å²) >= 11 is 0. The van der Waals surface area contributed by atoms with Gasteiger partial charge in [0.2, 0.25) is 0 Å². The van der Waals surface area contributed by atoms with Crippen LogP contribution < -0.4 is 0 Å². The molecule has 0 atom stereocenters. The number of rotatable bonds is 3. The minimum absolute atomic E-state index is 0.0694. The highest BCUT2D eigenvalue weighted by Crippen LogP contribution is 1.98. The van der Waals surface area contributed by atoms with Crippen LogP contribution in [0.1, 0.15) is 18.6 Å². The van der Waals surface area contributed by atoms with Crippen LogP contribution in [-0.2, 0) is 22.0 Å². The fourth-order valence-corrected chi connectivity index (χ4v) is 1.43. The van der Waals surface area contributed by atoms with Gasteiger partial charge in [-0.05, 0) is 0 Å². The molecule has 6 heteroatoms. The number of H-pyrrole nitrogens is 1. The molecule has 1 aromatic rings. The van der Waals surface area contributed by atoms with Crippen molar-refractivity contribution in [3.8, 4) is 0 Å². The van der Waals surface area contributed by atoms with Gasteiger partial charge >= 0.3 is 0 Å². The summed E-state index contributed by atoms with van der Waals surface area (Å²) in [5, 5.41) is 6.39. The highest BCUT2D eigenvalue weighted by molar-refractivity contribution is 7.89. The predicted octanol–water partition coefficient (Wildman–Crippen LogP) is -0.0883. The van der Waals surface area contributed by atoms with E-state index < -0.39 is 9.84 Å². The van der Waals surface area contributed by atoms with Crippen molar-refractivity contribution in [2.75, 3.05) is 6.26 Å². The standard InChI is InChI=1S/C6H11N3O2S/c1-3-5-7-6(9-8-5)4-12(2,10)11/h3-4H2,1-2H3,(H,7,8,9). The Balaban J connectivity index is 2.78. The molecule has 0 saturated carbocycles. The van der Waals surface area contributed by atoms with Crippen molar-refractivity contribution in [2.24, 2.45) is 0 Å². The van der Waals surface area contributed by atoms with Crippen LogP contribution in [0.15, 0.2) is 0 Å². The van der Waals surface area contributed by atoms with E-state index in [0.29, 0.717) is 18.1 Å². The van der Waals surface area contributed by atoms with E-state index in [1.807, 2.05) is 6.92 Å². The van der Waals surface area contributed by atoms with Crippen LogP contribution in [0, 0.1) is 0 Å². The van der Waals surface area contributed by atoms with Crippen LogP contribution in [-0.4, -0.2) is 29.9 Å². The molecule has 0 radical (unpaired) electrons. The molecular formula is C6H11N3O2S. The minimum atomic E-state index is -3.01. The van der Waals surface area contributed by atoms with Crippen LogP contribution in [0.2, 0.25) is 0 Å². The zero-order valence-corrected chi connectivity index (χ0v) is 7.85. The Labute approximate surface area is 71.1 Å². The maximum Gasteiger partial charge on any atom is 0.154 e. The summed E-state index contributed by atoms with van der Waals surface area (Å²) in [6, 6.07) is 0. The van der Waals surface area contributed by atoms with Gasteiger partial charge in [0.1, 0.15) is 17.4 Å². The number of nitrogens with one attached hydrogen (secondary N) is 1. The Bertz CT molecular complexity index is 355. The van der Waals surface area contributed by atoms with Crippen molar-refractivity contribution in [3.63, 3.8) is 0 Å². The molecule has 0 unspecified atom stereocenters. The Hall–Kier alpha value is -0.910. The first kappa shape index (κ1) is 9.18. The lowest BCUT2D eigenvalue weighted by Gasteiger charge is -1.90. The predicted molar refractivity (Wildman–Crippen MR) is 44.3 cm³/mol. The quantitative estimate of drug-likeness (QED) is 0.721. The van der Waals surface area contributed by atoms with E-state index in [0.717, 1.165) is 0 Å². The van der Waals surface area contributed by atoms with Crippen LogP contribution in [0.25, 0.3) is 0 Å². The van der Waals surface area contributed by atoms with E-state index in [1.54, 1.807) is 0 Å². The molecule has 0 bridgehead atoms. The molecule has 68 valence electrons. The topological polar surface area (TPSA) is 75.7 Å². The zero-order chi connectivity index (χ0) is 9.19. The van der Waals surface area contributed by atoms with E-state index in [9.17, 15) is 8.42 Å². The van der Waals surface area contributed by atoms with Crippen molar-refractivity contribution in [1.82, 2.24) is 15.2 Å². The van der Waals surface area contributed by atoms with Crippen molar-refractivity contribution < 1.29 is 8.42 Å². The Morgan fingerprint density at radius 3 is 2.58 bits per heavy atom. The minimum Gasteiger partial charge on any atom is -0.262 e. The van der Waals surface area contributed by atoms with Gasteiger partial charge in [-0.2, -0.15) is 5.10 Å². The third-order valence-electron chi connectivity index (χ3n) is 1.29. The smallest absolute Gasteiger partial charge is 0.154 e. The molecule has 0 aromatic carbocycles. The van der Waals surface area contributed by atoms with E-state index in [1.165, 1.54) is 6.26 Å². The number of aromatic amines is 1. The van der Waals surface area contributed by atoms with Crippen LogP contribution >= 0.6 is 0 Å². The second-order valence-electron chi connectivity index (χ2n) is 2.62. The van der Waals surface area contributed by atoms with Gasteiger partial charge in [-0.3, -0.25) is 5.10 Å². The fourth-order valence-electron chi connectivity index (χ4n) is 0.806. The summed E-state index contributed by atoms with van der Waals surface area (Å²) in [6.45, 7) is 1.91. The van der Waals surface area contributed by atoms with Crippen LogP contribution in [0.3, 0.4) is 0 Å². The molecule has 1 rings (SSSR count). The van der Waals surface area contributed by atoms with Crippen LogP contribution in [0.5, 0.6) is 0 Å². The summed E-state index contributed by atoms with van der Waals surface area (Å²) in [6.07, 6.45) is 1.88. The molecule has 0 fully saturated rings. The molecule has 12 heavy (non-hydrogen) atoms. The Morgan fingerprint density at radius 2 is 2.17 bits per heavy atom. The van der Waals surface area contributed by atoms with Gasteiger partial charge in [0.05, 0.1) is 0 Å². The van der Waals surface area contributed by atoms with E-state index in [2.05, 4.69) is 15.2 Å². The first-order chi connectivity index (χ1) is 5.51. The molecule has 0 aliphatic rings. The molecule has 1 aromatic heterocycles. The summed E-state index contributed by atoms with van der Waals surface area (Å²) in [5.41, 5.74) is 0. The van der Waals surface area contributed by atoms with Crippen LogP contribution in [0.4, 0.5) is 0 Å². The lowest BCUT2D eigenvalue weighted by atomic mass is 10.5. The molecule has 1 N–H and O–H groups in total. The average Bonchev–Trinajstić information content (AvgIpc) is 2.32. The highest BCUT2D eigenvalue weighted by Gasteiger charge is 2.08. The van der Waals surface area contributed by atoms with Crippen molar-refractivity contribution in [2.45, 2.75) is 19.1 Å². The maximum atomic E-state index is 10.8. The Kier molecular flexibility index (Phi) is 2.46. The van der Waals surface area contributed by atoms with E-state index >= 15 is 0 Å².